The minimum atomic E-state index is -4.45. The maximum Gasteiger partial charge on any atom is 0.416 e. The molecule has 0 spiro atoms. The van der Waals surface area contributed by atoms with Crippen LogP contribution in [0.15, 0.2) is 51.6 Å². The summed E-state index contributed by atoms with van der Waals surface area (Å²) in [5, 5.41) is 15.4. The fraction of sp³-hybridized carbons (Fsp3) is 0.133. The third kappa shape index (κ3) is 3.18. The van der Waals surface area contributed by atoms with Crippen molar-refractivity contribution in [2.24, 2.45) is 0 Å². The van der Waals surface area contributed by atoms with Gasteiger partial charge in [0.1, 0.15) is 6.54 Å². The number of aromatic nitrogens is 6. The van der Waals surface area contributed by atoms with Gasteiger partial charge in [-0.15, -0.1) is 10.2 Å². The molecule has 1 aromatic carbocycles. The van der Waals surface area contributed by atoms with Crippen molar-refractivity contribution in [2.75, 3.05) is 0 Å². The van der Waals surface area contributed by atoms with Gasteiger partial charge in [-0.2, -0.15) is 23.0 Å². The lowest BCUT2D eigenvalue weighted by atomic mass is 10.1. The molecule has 8 nitrogen and oxygen atoms in total. The minimum absolute atomic E-state index is 0.0136. The standard InChI is InChI=1S/C15H9F3N6O2/c16-15(17,18)10-4-1-3-9(7-10)13-20-23-24(21-13)8-12-19-14(22-26-12)11-5-2-6-25-11/h1-7H,8H2. The van der Waals surface area contributed by atoms with E-state index in [-0.39, 0.29) is 29.6 Å². The zero-order valence-electron chi connectivity index (χ0n) is 12.9. The molecule has 0 aliphatic heterocycles. The van der Waals surface area contributed by atoms with Gasteiger partial charge in [-0.25, -0.2) is 0 Å². The predicted octanol–water partition coefficient (Wildman–Crippen LogP) is 3.05. The van der Waals surface area contributed by atoms with Gasteiger partial charge in [0.25, 0.3) is 5.89 Å². The first-order chi connectivity index (χ1) is 12.5. The summed E-state index contributed by atoms with van der Waals surface area (Å²) in [6.07, 6.45) is -2.97. The number of tetrazole rings is 1. The molecule has 26 heavy (non-hydrogen) atoms. The zero-order valence-corrected chi connectivity index (χ0v) is 12.9. The van der Waals surface area contributed by atoms with Crippen molar-refractivity contribution in [3.8, 4) is 23.0 Å². The Morgan fingerprint density at radius 2 is 1.96 bits per heavy atom. The van der Waals surface area contributed by atoms with E-state index in [4.69, 9.17) is 8.94 Å². The van der Waals surface area contributed by atoms with E-state index in [1.807, 2.05) is 0 Å². The van der Waals surface area contributed by atoms with E-state index in [1.54, 1.807) is 12.1 Å². The second-order valence-corrected chi connectivity index (χ2v) is 5.21. The lowest BCUT2D eigenvalue weighted by molar-refractivity contribution is -0.137. The van der Waals surface area contributed by atoms with E-state index in [1.165, 1.54) is 18.4 Å². The summed E-state index contributed by atoms with van der Waals surface area (Å²) in [6.45, 7) is 0.0136. The van der Waals surface area contributed by atoms with Crippen molar-refractivity contribution in [2.45, 2.75) is 12.7 Å². The van der Waals surface area contributed by atoms with E-state index in [0.717, 1.165) is 16.9 Å². The van der Waals surface area contributed by atoms with Crippen molar-refractivity contribution >= 4 is 0 Å². The van der Waals surface area contributed by atoms with Crippen molar-refractivity contribution in [1.82, 2.24) is 30.3 Å². The number of rotatable bonds is 4. The van der Waals surface area contributed by atoms with E-state index in [2.05, 4.69) is 25.6 Å². The van der Waals surface area contributed by atoms with Crippen LogP contribution in [0.4, 0.5) is 13.2 Å². The molecule has 0 radical (unpaired) electrons. The van der Waals surface area contributed by atoms with Crippen LogP contribution in [-0.4, -0.2) is 30.3 Å². The number of benzene rings is 1. The van der Waals surface area contributed by atoms with Crippen LogP contribution in [0.1, 0.15) is 11.5 Å². The molecule has 3 aromatic heterocycles. The van der Waals surface area contributed by atoms with Gasteiger partial charge >= 0.3 is 6.18 Å². The molecule has 11 heteroatoms. The summed E-state index contributed by atoms with van der Waals surface area (Å²) >= 11 is 0. The van der Waals surface area contributed by atoms with Gasteiger partial charge in [-0.1, -0.05) is 17.3 Å². The smallest absolute Gasteiger partial charge is 0.416 e. The van der Waals surface area contributed by atoms with Gasteiger partial charge in [0, 0.05) is 5.56 Å². The Morgan fingerprint density at radius 1 is 1.08 bits per heavy atom. The fourth-order valence-corrected chi connectivity index (χ4v) is 2.21. The molecule has 0 fully saturated rings. The molecule has 3 heterocycles. The van der Waals surface area contributed by atoms with Gasteiger partial charge in [0.15, 0.2) is 5.76 Å². The van der Waals surface area contributed by atoms with Crippen LogP contribution in [0.5, 0.6) is 0 Å². The fourth-order valence-electron chi connectivity index (χ4n) is 2.21. The molecular weight excluding hydrogens is 353 g/mol. The highest BCUT2D eigenvalue weighted by atomic mass is 19.4. The molecule has 4 aromatic rings. The normalized spacial score (nSPS) is 11.8. The zero-order chi connectivity index (χ0) is 18.1. The Labute approximate surface area is 143 Å². The van der Waals surface area contributed by atoms with E-state index < -0.39 is 11.7 Å². The number of halogens is 3. The first kappa shape index (κ1) is 16.0. The van der Waals surface area contributed by atoms with Crippen LogP contribution in [0, 0.1) is 0 Å². The van der Waals surface area contributed by atoms with Crippen LogP contribution < -0.4 is 0 Å². The lowest BCUT2D eigenvalue weighted by Gasteiger charge is -2.06. The second kappa shape index (κ2) is 6.10. The molecule has 132 valence electrons. The number of hydrogen-bond acceptors (Lipinski definition) is 7. The second-order valence-electron chi connectivity index (χ2n) is 5.21. The first-order valence-corrected chi connectivity index (χ1v) is 7.31. The Balaban J connectivity index is 1.54. The van der Waals surface area contributed by atoms with Gasteiger partial charge in [0.2, 0.25) is 11.6 Å². The topological polar surface area (TPSA) is 95.7 Å². The maximum absolute atomic E-state index is 12.8. The molecule has 0 aliphatic rings. The van der Waals surface area contributed by atoms with Gasteiger partial charge < -0.3 is 8.94 Å². The quantitative estimate of drug-likeness (QED) is 0.550. The monoisotopic (exact) mass is 362 g/mol. The Bertz CT molecular complexity index is 1020. The SMILES string of the molecule is FC(F)(F)c1cccc(-c2nnn(Cc3nc(-c4ccco4)no3)n2)c1. The van der Waals surface area contributed by atoms with Crippen molar-refractivity contribution in [3.63, 3.8) is 0 Å². The largest absolute Gasteiger partial charge is 0.461 e. The lowest BCUT2D eigenvalue weighted by Crippen LogP contribution is -2.05. The van der Waals surface area contributed by atoms with Crippen LogP contribution >= 0.6 is 0 Å². The highest BCUT2D eigenvalue weighted by molar-refractivity contribution is 5.55. The predicted molar refractivity (Wildman–Crippen MR) is 79.4 cm³/mol. The molecule has 0 aliphatic carbocycles. The van der Waals surface area contributed by atoms with Gasteiger partial charge in [0.05, 0.1) is 11.8 Å². The summed E-state index contributed by atoms with van der Waals surface area (Å²) in [4.78, 5) is 5.28. The number of furan rings is 1. The van der Waals surface area contributed by atoms with Gasteiger partial charge in [-0.3, -0.25) is 0 Å². The third-order valence-electron chi connectivity index (χ3n) is 3.39. The first-order valence-electron chi connectivity index (χ1n) is 7.31. The third-order valence-corrected chi connectivity index (χ3v) is 3.39. The van der Waals surface area contributed by atoms with E-state index in [0.29, 0.717) is 5.76 Å². The van der Waals surface area contributed by atoms with Crippen LogP contribution in [0.3, 0.4) is 0 Å². The van der Waals surface area contributed by atoms with Crippen LogP contribution in [0.25, 0.3) is 23.0 Å². The molecule has 0 amide bonds. The van der Waals surface area contributed by atoms with Gasteiger partial charge in [-0.05, 0) is 29.5 Å². The molecule has 0 unspecified atom stereocenters. The molecule has 0 N–H and O–H groups in total. The maximum atomic E-state index is 12.8. The summed E-state index contributed by atoms with van der Waals surface area (Å²) in [5.74, 6) is 0.964. The van der Waals surface area contributed by atoms with Crippen LogP contribution in [0.2, 0.25) is 0 Å². The van der Waals surface area contributed by atoms with E-state index in [9.17, 15) is 13.2 Å². The van der Waals surface area contributed by atoms with Crippen molar-refractivity contribution in [3.05, 3.63) is 54.1 Å². The Kier molecular flexibility index (Phi) is 3.75. The Hall–Kier alpha value is -3.50. The summed E-state index contributed by atoms with van der Waals surface area (Å²) in [7, 11) is 0. The molecule has 4 rings (SSSR count). The Morgan fingerprint density at radius 3 is 2.73 bits per heavy atom. The highest BCUT2D eigenvalue weighted by Gasteiger charge is 2.30. The van der Waals surface area contributed by atoms with E-state index >= 15 is 0 Å². The highest BCUT2D eigenvalue weighted by Crippen LogP contribution is 2.31. The number of nitrogens with zero attached hydrogens (tertiary/aromatic N) is 6. The average Bonchev–Trinajstić information content (AvgIpc) is 3.36. The molecule has 0 bridgehead atoms. The number of hydrogen-bond donors (Lipinski definition) is 0. The molecule has 0 saturated carbocycles. The average molecular weight is 362 g/mol. The number of alkyl halides is 3. The van der Waals surface area contributed by atoms with Crippen molar-refractivity contribution in [1.29, 1.82) is 0 Å². The minimum Gasteiger partial charge on any atom is -0.461 e. The van der Waals surface area contributed by atoms with Crippen LogP contribution in [-0.2, 0) is 12.7 Å². The molecule has 0 saturated heterocycles. The summed E-state index contributed by atoms with van der Waals surface area (Å²) in [5.41, 5.74) is -0.584. The molecule has 0 atom stereocenters. The van der Waals surface area contributed by atoms with Crippen molar-refractivity contribution < 1.29 is 22.1 Å². The summed E-state index contributed by atoms with van der Waals surface area (Å²) < 4.78 is 48.6. The molecular formula is C15H9F3N6O2. The summed E-state index contributed by atoms with van der Waals surface area (Å²) in [6, 6.07) is 8.05.